The molecule has 2 N–H and O–H groups in total. The summed E-state index contributed by atoms with van der Waals surface area (Å²) in [5.41, 5.74) is 2.37. The number of aliphatic hydroxyl groups excluding tert-OH is 2. The van der Waals surface area contributed by atoms with Gasteiger partial charge in [0.15, 0.2) is 0 Å². The van der Waals surface area contributed by atoms with Gasteiger partial charge in [0, 0.05) is 6.42 Å². The van der Waals surface area contributed by atoms with E-state index in [2.05, 4.69) is 12.1 Å². The van der Waals surface area contributed by atoms with Gasteiger partial charge in [-0.05, 0) is 23.1 Å². The molecule has 0 aliphatic rings. The van der Waals surface area contributed by atoms with Gasteiger partial charge in [-0.25, -0.2) is 0 Å². The maximum atomic E-state index is 9.71. The van der Waals surface area contributed by atoms with E-state index in [4.69, 9.17) is 16.7 Å². The molecule has 0 aliphatic heterocycles. The molecule has 2 unspecified atom stereocenters. The highest BCUT2D eigenvalue weighted by atomic mass is 35.5. The number of rotatable bonds is 5. The van der Waals surface area contributed by atoms with Crippen molar-refractivity contribution in [2.75, 3.05) is 0 Å². The van der Waals surface area contributed by atoms with Gasteiger partial charge in [-0.15, -0.1) is 0 Å². The Balaban J connectivity index is 2.03. The molecule has 0 aromatic heterocycles. The van der Waals surface area contributed by atoms with Gasteiger partial charge in [0.2, 0.25) is 0 Å². The average molecular weight is 277 g/mol. The largest absolute Gasteiger partial charge is 0.393 e. The van der Waals surface area contributed by atoms with Gasteiger partial charge < -0.3 is 10.2 Å². The molecule has 0 fully saturated rings. The van der Waals surface area contributed by atoms with E-state index >= 15 is 0 Å². The highest BCUT2D eigenvalue weighted by Crippen LogP contribution is 2.20. The van der Waals surface area contributed by atoms with Gasteiger partial charge >= 0.3 is 0 Å². The number of hydrogen-bond donors (Lipinski definition) is 2. The van der Waals surface area contributed by atoms with E-state index in [0.29, 0.717) is 6.42 Å². The van der Waals surface area contributed by atoms with Crippen molar-refractivity contribution < 1.29 is 10.2 Å². The van der Waals surface area contributed by atoms with E-state index in [1.165, 1.54) is 5.56 Å². The maximum absolute atomic E-state index is 9.71. The Morgan fingerprint density at radius 1 is 0.842 bits per heavy atom. The number of halogens is 1. The van der Waals surface area contributed by atoms with Crippen molar-refractivity contribution in [1.82, 2.24) is 0 Å². The first-order valence-electron chi connectivity index (χ1n) is 6.29. The molecule has 0 amide bonds. The summed E-state index contributed by atoms with van der Waals surface area (Å²) >= 11 is 5.44. The summed E-state index contributed by atoms with van der Waals surface area (Å²) in [7, 11) is 0. The summed E-state index contributed by atoms with van der Waals surface area (Å²) < 4.78 is 0. The average Bonchev–Trinajstić information content (AvgIpc) is 2.39. The summed E-state index contributed by atoms with van der Waals surface area (Å²) in [4.78, 5) is 0. The van der Waals surface area contributed by atoms with Crippen LogP contribution in [0.2, 0.25) is 0 Å². The van der Waals surface area contributed by atoms with Gasteiger partial charge in [0.05, 0.1) is 6.10 Å². The predicted molar refractivity (Wildman–Crippen MR) is 78.1 cm³/mol. The lowest BCUT2D eigenvalue weighted by molar-refractivity contribution is 0.118. The van der Waals surface area contributed by atoms with Crippen LogP contribution in [-0.4, -0.2) is 21.9 Å². The zero-order chi connectivity index (χ0) is 13.7. The van der Waals surface area contributed by atoms with Crippen molar-refractivity contribution in [2.24, 2.45) is 0 Å². The summed E-state index contributed by atoms with van der Waals surface area (Å²) in [6.45, 7) is 0. The van der Waals surface area contributed by atoms with Crippen LogP contribution >= 0.6 is 11.6 Å². The predicted octanol–water partition coefficient (Wildman–Crippen LogP) is 3.20. The van der Waals surface area contributed by atoms with Crippen molar-refractivity contribution in [3.05, 3.63) is 60.2 Å². The Kier molecular flexibility index (Phi) is 4.97. The summed E-state index contributed by atoms with van der Waals surface area (Å²) in [6.07, 6.45) is 0.0657. The minimum absolute atomic E-state index is 0.183. The van der Waals surface area contributed by atoms with Gasteiger partial charge in [-0.3, -0.25) is 0 Å². The van der Waals surface area contributed by atoms with E-state index in [0.717, 1.165) is 11.1 Å². The third kappa shape index (κ3) is 4.35. The van der Waals surface area contributed by atoms with E-state index in [-0.39, 0.29) is 6.42 Å². The Bertz CT molecular complexity index is 494. The molecule has 0 saturated carbocycles. The molecule has 0 radical (unpaired) electrons. The minimum Gasteiger partial charge on any atom is -0.393 e. The Morgan fingerprint density at radius 2 is 1.42 bits per heavy atom. The maximum Gasteiger partial charge on any atom is 0.130 e. The molecule has 19 heavy (non-hydrogen) atoms. The number of alkyl halides is 1. The molecule has 3 heteroatoms. The highest BCUT2D eigenvalue weighted by molar-refractivity contribution is 6.19. The first-order valence-corrected chi connectivity index (χ1v) is 6.73. The third-order valence-electron chi connectivity index (χ3n) is 3.00. The Morgan fingerprint density at radius 3 is 2.00 bits per heavy atom. The van der Waals surface area contributed by atoms with Crippen molar-refractivity contribution in [2.45, 2.75) is 24.5 Å². The van der Waals surface area contributed by atoms with Crippen LogP contribution in [0.15, 0.2) is 54.6 Å². The second kappa shape index (κ2) is 6.71. The molecule has 0 heterocycles. The second-order valence-electron chi connectivity index (χ2n) is 4.59. The van der Waals surface area contributed by atoms with Crippen LogP contribution in [0.25, 0.3) is 11.1 Å². The lowest BCUT2D eigenvalue weighted by Crippen LogP contribution is -2.15. The highest BCUT2D eigenvalue weighted by Gasteiger charge is 2.10. The van der Waals surface area contributed by atoms with Crippen LogP contribution < -0.4 is 0 Å². The van der Waals surface area contributed by atoms with E-state index in [1.807, 2.05) is 42.5 Å². The third-order valence-corrected chi connectivity index (χ3v) is 3.18. The zero-order valence-corrected chi connectivity index (χ0v) is 11.3. The van der Waals surface area contributed by atoms with Crippen LogP contribution in [0.3, 0.4) is 0 Å². The topological polar surface area (TPSA) is 40.5 Å². The quantitative estimate of drug-likeness (QED) is 0.824. The van der Waals surface area contributed by atoms with Crippen LogP contribution in [0.5, 0.6) is 0 Å². The summed E-state index contributed by atoms with van der Waals surface area (Å²) in [5, 5.41) is 18.7. The molecule has 0 aliphatic carbocycles. The first-order chi connectivity index (χ1) is 9.15. The standard InChI is InChI=1S/C16H17ClO2/c17-16(19)11-15(18)10-12-6-8-14(9-7-12)13-4-2-1-3-5-13/h1-9,15-16,18-19H,10-11H2. The molecule has 2 aromatic carbocycles. The monoisotopic (exact) mass is 276 g/mol. The zero-order valence-electron chi connectivity index (χ0n) is 10.5. The summed E-state index contributed by atoms with van der Waals surface area (Å²) in [5.74, 6) is 0. The Hall–Kier alpha value is -1.35. The molecule has 0 spiro atoms. The van der Waals surface area contributed by atoms with Gasteiger partial charge in [-0.2, -0.15) is 0 Å². The fourth-order valence-electron chi connectivity index (χ4n) is 2.04. The first kappa shape index (κ1) is 14.1. The number of hydrogen-bond acceptors (Lipinski definition) is 2. The summed E-state index contributed by atoms with van der Waals surface area (Å²) in [6, 6.07) is 18.2. The van der Waals surface area contributed by atoms with Crippen molar-refractivity contribution >= 4 is 11.6 Å². The van der Waals surface area contributed by atoms with Crippen LogP contribution in [0.4, 0.5) is 0 Å². The lowest BCUT2D eigenvalue weighted by Gasteiger charge is -2.11. The molecule has 2 aromatic rings. The Labute approximate surface area is 118 Å². The van der Waals surface area contributed by atoms with E-state index in [1.54, 1.807) is 0 Å². The molecule has 2 rings (SSSR count). The van der Waals surface area contributed by atoms with Crippen LogP contribution in [-0.2, 0) is 6.42 Å². The number of aliphatic hydroxyl groups is 2. The van der Waals surface area contributed by atoms with Crippen LogP contribution in [0, 0.1) is 0 Å². The fraction of sp³-hybridized carbons (Fsp3) is 0.250. The lowest BCUT2D eigenvalue weighted by atomic mass is 10.0. The molecular weight excluding hydrogens is 260 g/mol. The normalized spacial score (nSPS) is 14.1. The molecule has 0 bridgehead atoms. The molecule has 2 atom stereocenters. The molecule has 100 valence electrons. The van der Waals surface area contributed by atoms with Gasteiger partial charge in [0.25, 0.3) is 0 Å². The van der Waals surface area contributed by atoms with E-state index < -0.39 is 11.7 Å². The SMILES string of the molecule is OC(Cl)CC(O)Cc1ccc(-c2ccccc2)cc1. The van der Waals surface area contributed by atoms with Crippen LogP contribution in [0.1, 0.15) is 12.0 Å². The van der Waals surface area contributed by atoms with Crippen molar-refractivity contribution in [1.29, 1.82) is 0 Å². The fourth-order valence-corrected chi connectivity index (χ4v) is 2.25. The number of benzene rings is 2. The molecular formula is C16H17ClO2. The molecule has 0 saturated heterocycles. The smallest absolute Gasteiger partial charge is 0.130 e. The molecule has 2 nitrogen and oxygen atoms in total. The minimum atomic E-state index is -0.987. The second-order valence-corrected chi connectivity index (χ2v) is 5.09. The van der Waals surface area contributed by atoms with Crippen molar-refractivity contribution in [3.8, 4) is 11.1 Å². The van der Waals surface area contributed by atoms with Crippen molar-refractivity contribution in [3.63, 3.8) is 0 Å². The van der Waals surface area contributed by atoms with Gasteiger partial charge in [0.1, 0.15) is 5.56 Å². The van der Waals surface area contributed by atoms with E-state index in [9.17, 15) is 5.11 Å². The van der Waals surface area contributed by atoms with Gasteiger partial charge in [-0.1, -0.05) is 66.2 Å².